The fraction of sp³-hybridized carbons (Fsp3) is 0. The van der Waals surface area contributed by atoms with E-state index in [2.05, 4.69) is 4.18 Å². The summed E-state index contributed by atoms with van der Waals surface area (Å²) in [6.45, 7) is 0. The van der Waals surface area contributed by atoms with E-state index in [9.17, 15) is 13.0 Å². The molecule has 2 aromatic carbocycles. The quantitative estimate of drug-likeness (QED) is 0.781. The molecule has 2 aromatic rings. The van der Waals surface area contributed by atoms with Crippen molar-refractivity contribution in [3.05, 3.63) is 42.5 Å². The highest BCUT2D eigenvalue weighted by molar-refractivity contribution is 7.81. The van der Waals surface area contributed by atoms with Gasteiger partial charge in [0, 0.05) is 5.39 Å². The first kappa shape index (κ1) is 9.95. The Labute approximate surface area is 87.1 Å². The van der Waals surface area contributed by atoms with Gasteiger partial charge in [0.2, 0.25) is 0 Å². The molecular weight excluding hydrogens is 216 g/mol. The van der Waals surface area contributed by atoms with Crippen LogP contribution in [-0.2, 0) is 15.0 Å². The maximum absolute atomic E-state index is 10.5. The molecule has 4 nitrogen and oxygen atoms in total. The number of hydrogen-bond donors (Lipinski definition) is 0. The molecule has 0 aliphatic carbocycles. The van der Waals surface area contributed by atoms with Crippen molar-refractivity contribution in [2.75, 3.05) is 0 Å². The Morgan fingerprint density at radius 2 is 1.60 bits per heavy atom. The van der Waals surface area contributed by atoms with Gasteiger partial charge in [-0.25, -0.2) is 0 Å². The van der Waals surface area contributed by atoms with Crippen molar-refractivity contribution in [3.63, 3.8) is 0 Å². The Balaban J connectivity index is 2.61. The zero-order valence-electron chi connectivity index (χ0n) is 7.58. The van der Waals surface area contributed by atoms with Crippen LogP contribution in [0.3, 0.4) is 0 Å². The van der Waals surface area contributed by atoms with Gasteiger partial charge in [0.1, 0.15) is 0 Å². The molecule has 5 heteroatoms. The molecule has 1 radical (unpaired) electrons. The molecule has 2 rings (SSSR count). The monoisotopic (exact) mass is 223 g/mol. The third kappa shape index (κ3) is 2.26. The molecule has 0 bridgehead atoms. The average Bonchev–Trinajstić information content (AvgIpc) is 2.16. The van der Waals surface area contributed by atoms with Gasteiger partial charge in [0.05, 0.1) is 0 Å². The van der Waals surface area contributed by atoms with Crippen LogP contribution < -0.4 is 4.18 Å². The summed E-state index contributed by atoms with van der Waals surface area (Å²) in [5, 5.41) is 1.41. The number of benzene rings is 2. The van der Waals surface area contributed by atoms with Crippen LogP contribution in [0.4, 0.5) is 0 Å². The summed E-state index contributed by atoms with van der Waals surface area (Å²) in [6, 6.07) is 11.9. The van der Waals surface area contributed by atoms with Gasteiger partial charge in [-0.1, -0.05) is 41.0 Å². The Bertz CT molecular complexity index is 584. The SMILES string of the molecule is [O]S(=O)(=O)Oc1cccc2ccccc12. The molecule has 0 aromatic heterocycles. The van der Waals surface area contributed by atoms with E-state index in [0.29, 0.717) is 5.39 Å². The molecule has 0 aliphatic rings. The molecule has 0 spiro atoms. The number of rotatable bonds is 2. The summed E-state index contributed by atoms with van der Waals surface area (Å²) in [5.41, 5.74) is 0. The normalized spacial score (nSPS) is 11.5. The van der Waals surface area contributed by atoms with Gasteiger partial charge >= 0.3 is 10.4 Å². The Morgan fingerprint density at radius 3 is 2.33 bits per heavy atom. The van der Waals surface area contributed by atoms with Crippen LogP contribution in [0.25, 0.3) is 10.8 Å². The largest absolute Gasteiger partial charge is 0.477 e. The molecule has 15 heavy (non-hydrogen) atoms. The van der Waals surface area contributed by atoms with Gasteiger partial charge in [0.15, 0.2) is 5.75 Å². The van der Waals surface area contributed by atoms with E-state index in [0.717, 1.165) is 5.39 Å². The van der Waals surface area contributed by atoms with Gasteiger partial charge < -0.3 is 4.18 Å². The first-order valence-electron chi connectivity index (χ1n) is 4.19. The van der Waals surface area contributed by atoms with Crippen molar-refractivity contribution in [1.82, 2.24) is 0 Å². The van der Waals surface area contributed by atoms with Crippen LogP contribution in [-0.4, -0.2) is 8.42 Å². The van der Waals surface area contributed by atoms with Crippen LogP contribution >= 0.6 is 0 Å². The lowest BCUT2D eigenvalue weighted by molar-refractivity contribution is 0.338. The Hall–Kier alpha value is -1.59. The molecule has 0 saturated carbocycles. The van der Waals surface area contributed by atoms with Gasteiger partial charge in [-0.15, -0.1) is 0 Å². The summed E-state index contributed by atoms with van der Waals surface area (Å²) in [5.74, 6) is 0.0584. The molecule has 0 heterocycles. The Morgan fingerprint density at radius 1 is 0.933 bits per heavy atom. The Kier molecular flexibility index (Phi) is 2.34. The number of fused-ring (bicyclic) bond motifs is 1. The molecule has 0 amide bonds. The highest BCUT2D eigenvalue weighted by Crippen LogP contribution is 2.25. The van der Waals surface area contributed by atoms with Crippen molar-refractivity contribution in [2.45, 2.75) is 0 Å². The van der Waals surface area contributed by atoms with E-state index < -0.39 is 10.4 Å². The van der Waals surface area contributed by atoms with Crippen LogP contribution in [0.15, 0.2) is 42.5 Å². The maximum Gasteiger partial charge on any atom is 0.477 e. The highest BCUT2D eigenvalue weighted by Gasteiger charge is 2.11. The van der Waals surface area contributed by atoms with Crippen molar-refractivity contribution in [2.24, 2.45) is 0 Å². The van der Waals surface area contributed by atoms with E-state index in [1.807, 2.05) is 6.07 Å². The van der Waals surface area contributed by atoms with Crippen molar-refractivity contribution < 1.29 is 17.2 Å². The smallest absolute Gasteiger partial charge is 0.359 e. The zero-order valence-corrected chi connectivity index (χ0v) is 8.40. The summed E-state index contributed by atoms with van der Waals surface area (Å²) < 4.78 is 35.7. The zero-order chi connectivity index (χ0) is 10.9. The third-order valence-corrected chi connectivity index (χ3v) is 2.33. The van der Waals surface area contributed by atoms with E-state index in [1.165, 1.54) is 6.07 Å². The lowest BCUT2D eigenvalue weighted by Crippen LogP contribution is -2.05. The molecule has 0 unspecified atom stereocenters. The topological polar surface area (TPSA) is 63.3 Å². The second-order valence-corrected chi connectivity index (χ2v) is 3.95. The van der Waals surface area contributed by atoms with Crippen LogP contribution in [0.5, 0.6) is 5.75 Å². The van der Waals surface area contributed by atoms with Crippen molar-refractivity contribution >= 4 is 21.2 Å². The fourth-order valence-corrected chi connectivity index (χ4v) is 1.74. The van der Waals surface area contributed by atoms with Crippen LogP contribution in [0, 0.1) is 0 Å². The van der Waals surface area contributed by atoms with Crippen LogP contribution in [0.2, 0.25) is 0 Å². The van der Waals surface area contributed by atoms with Crippen molar-refractivity contribution in [1.29, 1.82) is 0 Å². The first-order chi connectivity index (χ1) is 7.06. The van der Waals surface area contributed by atoms with E-state index in [4.69, 9.17) is 0 Å². The molecule has 0 fully saturated rings. The second-order valence-electron chi connectivity index (χ2n) is 2.97. The molecule has 0 atom stereocenters. The number of hydrogen-bond acceptors (Lipinski definition) is 3. The van der Waals surface area contributed by atoms with Gasteiger partial charge in [-0.3, -0.25) is 0 Å². The predicted octanol–water partition coefficient (Wildman–Crippen LogP) is 1.89. The van der Waals surface area contributed by atoms with E-state index in [1.54, 1.807) is 30.3 Å². The minimum Gasteiger partial charge on any atom is -0.359 e. The lowest BCUT2D eigenvalue weighted by atomic mass is 10.1. The predicted molar refractivity (Wildman–Crippen MR) is 54.2 cm³/mol. The van der Waals surface area contributed by atoms with Gasteiger partial charge in [-0.2, -0.15) is 8.42 Å². The summed E-state index contributed by atoms with van der Waals surface area (Å²) in [7, 11) is -4.72. The fourth-order valence-electron chi connectivity index (χ4n) is 1.38. The van der Waals surface area contributed by atoms with E-state index >= 15 is 0 Å². The maximum atomic E-state index is 10.5. The molecule has 77 valence electrons. The molecule has 0 N–H and O–H groups in total. The van der Waals surface area contributed by atoms with E-state index in [-0.39, 0.29) is 5.75 Å². The highest BCUT2D eigenvalue weighted by atomic mass is 32.3. The first-order valence-corrected chi connectivity index (χ1v) is 5.53. The average molecular weight is 223 g/mol. The lowest BCUT2D eigenvalue weighted by Gasteiger charge is -2.04. The van der Waals surface area contributed by atoms with Gasteiger partial charge in [0.25, 0.3) is 0 Å². The summed E-state index contributed by atoms with van der Waals surface area (Å²) in [4.78, 5) is 0. The van der Waals surface area contributed by atoms with Gasteiger partial charge in [-0.05, 0) is 11.5 Å². The van der Waals surface area contributed by atoms with Crippen LogP contribution in [0.1, 0.15) is 0 Å². The van der Waals surface area contributed by atoms with Crippen molar-refractivity contribution in [3.8, 4) is 5.75 Å². The third-order valence-electron chi connectivity index (χ3n) is 1.94. The molecule has 0 aliphatic heterocycles. The summed E-state index contributed by atoms with van der Waals surface area (Å²) in [6.07, 6.45) is 0. The minimum absolute atomic E-state index is 0.0584. The summed E-state index contributed by atoms with van der Waals surface area (Å²) >= 11 is 0. The second kappa shape index (κ2) is 3.52. The molecular formula is C10H7O4S. The molecule has 0 saturated heterocycles. The minimum atomic E-state index is -4.72. The standard InChI is InChI=1S/C10H7O4S/c11-15(12,13)14-10-7-3-5-8-4-1-2-6-9(8)10/h1-7H.